The van der Waals surface area contributed by atoms with E-state index in [2.05, 4.69) is 20.5 Å². The van der Waals surface area contributed by atoms with Gasteiger partial charge < -0.3 is 20.1 Å². The van der Waals surface area contributed by atoms with Crippen LogP contribution in [0.25, 0.3) is 16.6 Å². The molecular formula is C30H32F4N6O3. The van der Waals surface area contributed by atoms with E-state index < -0.39 is 30.3 Å². The van der Waals surface area contributed by atoms with Crippen LogP contribution in [0.2, 0.25) is 0 Å². The summed E-state index contributed by atoms with van der Waals surface area (Å²) in [4.78, 5) is 17.1. The zero-order valence-electron chi connectivity index (χ0n) is 23.3. The molecule has 228 valence electrons. The molecule has 0 saturated heterocycles. The lowest BCUT2D eigenvalue weighted by Crippen LogP contribution is -2.49. The van der Waals surface area contributed by atoms with Crippen LogP contribution in [-0.2, 0) is 16.7 Å². The fourth-order valence-electron chi connectivity index (χ4n) is 6.68. The first-order valence-electron chi connectivity index (χ1n) is 14.6. The van der Waals surface area contributed by atoms with Crippen LogP contribution in [-0.4, -0.2) is 54.3 Å². The summed E-state index contributed by atoms with van der Waals surface area (Å²) in [5.74, 6) is 0.281. The van der Waals surface area contributed by atoms with Crippen molar-refractivity contribution in [2.45, 2.75) is 87.7 Å². The van der Waals surface area contributed by atoms with Gasteiger partial charge >= 0.3 is 13.2 Å². The van der Waals surface area contributed by atoms with Crippen LogP contribution in [0.1, 0.15) is 80.1 Å². The van der Waals surface area contributed by atoms with Gasteiger partial charge in [-0.05, 0) is 80.2 Å². The number of rotatable bonds is 11. The van der Waals surface area contributed by atoms with E-state index >= 15 is 0 Å². The molecule has 3 aliphatic carbocycles. The first kappa shape index (κ1) is 28.2. The predicted octanol–water partition coefficient (Wildman–Crippen LogP) is 4.88. The van der Waals surface area contributed by atoms with Crippen LogP contribution < -0.4 is 10.9 Å². The van der Waals surface area contributed by atoms with Gasteiger partial charge in [-0.15, -0.1) is 10.2 Å². The fraction of sp³-hybridized carbons (Fsp3) is 0.500. The average Bonchev–Trinajstić information content (AvgIpc) is 3.48. The molecule has 3 aliphatic rings. The first-order valence-corrected chi connectivity index (χ1v) is 14.6. The van der Waals surface area contributed by atoms with Gasteiger partial charge in [0.05, 0.1) is 17.1 Å². The second-order valence-electron chi connectivity index (χ2n) is 12.2. The number of halogens is 4. The maximum absolute atomic E-state index is 13.9. The minimum absolute atomic E-state index is 0.00950. The molecule has 3 fully saturated rings. The van der Waals surface area contributed by atoms with Gasteiger partial charge in [0.2, 0.25) is 0 Å². The van der Waals surface area contributed by atoms with E-state index in [0.29, 0.717) is 40.3 Å². The molecule has 9 nitrogen and oxygen atoms in total. The number of benzene rings is 1. The summed E-state index contributed by atoms with van der Waals surface area (Å²) in [6, 6.07) is 8.94. The summed E-state index contributed by atoms with van der Waals surface area (Å²) in [6.45, 7) is -4.94. The highest BCUT2D eigenvalue weighted by Gasteiger charge is 2.52. The number of alkyl halides is 4. The van der Waals surface area contributed by atoms with Gasteiger partial charge in [-0.25, -0.2) is 0 Å². The van der Waals surface area contributed by atoms with Gasteiger partial charge in [0.1, 0.15) is 17.7 Å². The van der Waals surface area contributed by atoms with Gasteiger partial charge in [-0.2, -0.15) is 17.6 Å². The largest absolute Gasteiger partial charge is 0.389 e. The molecule has 0 spiro atoms. The quantitative estimate of drug-likeness (QED) is 0.212. The molecule has 0 amide bonds. The molecule has 1 aromatic carbocycles. The SMILES string of the molecule is O=c1c2[nH]c(CNCC3(O)CCC3)cc2c(C2CC2)cn1-c1cccc(C2(c3nncn3C(F)F)CC(OC(F)F)C2)c1. The van der Waals surface area contributed by atoms with Crippen LogP contribution in [0.3, 0.4) is 0 Å². The number of hydrogen-bond donors (Lipinski definition) is 3. The normalized spacial score (nSPS) is 23.2. The lowest BCUT2D eigenvalue weighted by Gasteiger charge is -2.46. The third-order valence-electron chi connectivity index (χ3n) is 9.29. The second kappa shape index (κ2) is 10.6. The highest BCUT2D eigenvalue weighted by atomic mass is 19.3. The number of pyridine rings is 1. The van der Waals surface area contributed by atoms with E-state index in [-0.39, 0.29) is 24.2 Å². The number of ether oxygens (including phenoxy) is 1. The smallest absolute Gasteiger partial charge is 0.345 e. The lowest BCUT2D eigenvalue weighted by atomic mass is 9.62. The van der Waals surface area contributed by atoms with Crippen molar-refractivity contribution in [3.63, 3.8) is 0 Å². The molecule has 3 heterocycles. The molecule has 13 heteroatoms. The van der Waals surface area contributed by atoms with Crippen molar-refractivity contribution in [3.05, 3.63) is 75.9 Å². The molecule has 3 saturated carbocycles. The number of fused-ring (bicyclic) bond motifs is 1. The Hall–Kier alpha value is -3.55. The third-order valence-corrected chi connectivity index (χ3v) is 9.29. The maximum atomic E-state index is 13.9. The van der Waals surface area contributed by atoms with Crippen molar-refractivity contribution < 1.29 is 27.4 Å². The van der Waals surface area contributed by atoms with Gasteiger partial charge in [0.15, 0.2) is 0 Å². The van der Waals surface area contributed by atoms with E-state index in [0.717, 1.165) is 55.1 Å². The van der Waals surface area contributed by atoms with Gasteiger partial charge in [-0.1, -0.05) is 12.1 Å². The Bertz CT molecular complexity index is 1700. The molecule has 0 aliphatic heterocycles. The van der Waals surface area contributed by atoms with Crippen molar-refractivity contribution in [2.75, 3.05) is 6.54 Å². The molecule has 0 bridgehead atoms. The number of nitrogens with zero attached hydrogens (tertiary/aromatic N) is 4. The molecule has 3 N–H and O–H groups in total. The molecule has 4 aromatic rings. The summed E-state index contributed by atoms with van der Waals surface area (Å²) < 4.78 is 60.6. The van der Waals surface area contributed by atoms with Crippen molar-refractivity contribution in [1.29, 1.82) is 0 Å². The first-order chi connectivity index (χ1) is 20.7. The van der Waals surface area contributed by atoms with Gasteiger partial charge in [0, 0.05) is 36.1 Å². The fourth-order valence-corrected chi connectivity index (χ4v) is 6.68. The number of nitrogens with one attached hydrogen (secondary N) is 2. The number of aliphatic hydroxyl groups is 1. The maximum Gasteiger partial charge on any atom is 0.345 e. The van der Waals surface area contributed by atoms with Crippen LogP contribution in [0.4, 0.5) is 17.6 Å². The minimum Gasteiger partial charge on any atom is -0.389 e. The van der Waals surface area contributed by atoms with E-state index in [9.17, 15) is 27.5 Å². The Balaban J connectivity index is 1.25. The van der Waals surface area contributed by atoms with E-state index in [1.54, 1.807) is 28.8 Å². The Morgan fingerprint density at radius 2 is 1.95 bits per heavy atom. The predicted molar refractivity (Wildman–Crippen MR) is 149 cm³/mol. The number of H-pyrrole nitrogens is 1. The minimum atomic E-state index is -2.99. The molecule has 7 rings (SSSR count). The summed E-state index contributed by atoms with van der Waals surface area (Å²) in [5, 5.41) is 22.2. The second-order valence-corrected chi connectivity index (χ2v) is 12.2. The Kier molecular flexibility index (Phi) is 6.94. The molecule has 3 aromatic heterocycles. The zero-order chi connectivity index (χ0) is 29.9. The van der Waals surface area contributed by atoms with E-state index in [4.69, 9.17) is 4.74 Å². The van der Waals surface area contributed by atoms with Crippen molar-refractivity contribution >= 4 is 10.9 Å². The lowest BCUT2D eigenvalue weighted by molar-refractivity contribution is -0.193. The van der Waals surface area contributed by atoms with Crippen molar-refractivity contribution in [1.82, 2.24) is 29.6 Å². The monoisotopic (exact) mass is 600 g/mol. The Morgan fingerprint density at radius 3 is 2.63 bits per heavy atom. The summed E-state index contributed by atoms with van der Waals surface area (Å²) in [7, 11) is 0. The van der Waals surface area contributed by atoms with Crippen LogP contribution >= 0.6 is 0 Å². The highest BCUT2D eigenvalue weighted by Crippen LogP contribution is 2.51. The molecule has 0 unspecified atom stereocenters. The average molecular weight is 601 g/mol. The zero-order valence-corrected chi connectivity index (χ0v) is 23.3. The van der Waals surface area contributed by atoms with Gasteiger partial charge in [0.25, 0.3) is 5.56 Å². The number of aromatic nitrogens is 5. The highest BCUT2D eigenvalue weighted by molar-refractivity contribution is 5.84. The van der Waals surface area contributed by atoms with Crippen LogP contribution in [0.15, 0.2) is 47.7 Å². The Labute approximate surface area is 243 Å². The molecule has 43 heavy (non-hydrogen) atoms. The number of aromatic amines is 1. The van der Waals surface area contributed by atoms with Crippen molar-refractivity contribution in [2.24, 2.45) is 0 Å². The summed E-state index contributed by atoms with van der Waals surface area (Å²) in [5.41, 5.74) is 1.36. The van der Waals surface area contributed by atoms with Gasteiger partial charge in [-0.3, -0.25) is 13.9 Å². The van der Waals surface area contributed by atoms with Crippen molar-refractivity contribution in [3.8, 4) is 5.69 Å². The molecule has 0 atom stereocenters. The van der Waals surface area contributed by atoms with E-state index in [1.807, 2.05) is 12.3 Å². The van der Waals surface area contributed by atoms with Crippen LogP contribution in [0, 0.1) is 0 Å². The Morgan fingerprint density at radius 1 is 1.16 bits per heavy atom. The third kappa shape index (κ3) is 5.06. The molecular weight excluding hydrogens is 568 g/mol. The number of hydrogen-bond acceptors (Lipinski definition) is 6. The van der Waals surface area contributed by atoms with E-state index in [1.165, 1.54) is 0 Å². The van der Waals surface area contributed by atoms with Crippen LogP contribution in [0.5, 0.6) is 0 Å². The summed E-state index contributed by atoms with van der Waals surface area (Å²) in [6.07, 6.45) is 6.56. The topological polar surface area (TPSA) is 110 Å². The summed E-state index contributed by atoms with van der Waals surface area (Å²) >= 11 is 0. The standard InChI is InChI=1S/C30H32F4N6O3/c31-27(32)40-16-36-38-26(40)30(11-21(12-30)43-28(33)34)18-3-1-4-20(9-18)39-14-23(17-5-6-17)22-10-19(37-24(22)25(39)41)13-35-15-29(42)7-2-8-29/h1,3-4,9-10,14,16-17,21,27-28,35,37,42H,2,5-8,11-13,15H2. The molecule has 0 radical (unpaired) electrons.